The minimum Gasteiger partial charge on any atom is -0.454 e. The van der Waals surface area contributed by atoms with Crippen molar-refractivity contribution in [2.24, 2.45) is 5.41 Å². The maximum absolute atomic E-state index is 9.40. The van der Waals surface area contributed by atoms with Crippen molar-refractivity contribution < 1.29 is 9.47 Å². The van der Waals surface area contributed by atoms with Gasteiger partial charge in [-0.25, -0.2) is 0 Å². The first-order valence-electron chi connectivity index (χ1n) is 6.13. The molecule has 0 radical (unpaired) electrons. The molecule has 1 heterocycles. The molecular weight excluding hydrogens is 228 g/mol. The highest BCUT2D eigenvalue weighted by Crippen LogP contribution is 2.56. The van der Waals surface area contributed by atoms with Gasteiger partial charge in [0.15, 0.2) is 11.5 Å². The molecule has 1 aliphatic heterocycles. The van der Waals surface area contributed by atoms with Gasteiger partial charge in [0.1, 0.15) is 0 Å². The number of hydrogen-bond donors (Lipinski definition) is 0. The molecule has 0 aromatic heterocycles. The van der Waals surface area contributed by atoms with Gasteiger partial charge in [-0.05, 0) is 44.6 Å². The molecule has 1 aromatic carbocycles. The Morgan fingerprint density at radius 1 is 1.28 bits per heavy atom. The van der Waals surface area contributed by atoms with E-state index in [-0.39, 0.29) is 18.2 Å². The van der Waals surface area contributed by atoms with E-state index in [0.717, 1.165) is 29.9 Å². The average Bonchev–Trinajstić information content (AvgIpc) is 2.99. The van der Waals surface area contributed by atoms with Crippen LogP contribution in [-0.2, 0) is 0 Å². The molecule has 1 unspecified atom stereocenters. The highest BCUT2D eigenvalue weighted by molar-refractivity contribution is 5.46. The molecule has 94 valence electrons. The molecule has 4 nitrogen and oxygen atoms in total. The molecule has 18 heavy (non-hydrogen) atoms. The van der Waals surface area contributed by atoms with Crippen LogP contribution < -0.4 is 9.47 Å². The lowest BCUT2D eigenvalue weighted by molar-refractivity contribution is 0.173. The van der Waals surface area contributed by atoms with Crippen molar-refractivity contribution in [3.05, 3.63) is 23.8 Å². The number of fused-ring (bicyclic) bond motifs is 1. The van der Waals surface area contributed by atoms with Crippen molar-refractivity contribution >= 4 is 0 Å². The molecular formula is C14H16N2O2. The average molecular weight is 244 g/mol. The van der Waals surface area contributed by atoms with Crippen LogP contribution in [0, 0.1) is 16.7 Å². The van der Waals surface area contributed by atoms with Crippen LogP contribution in [0.25, 0.3) is 0 Å². The second-order valence-electron chi connectivity index (χ2n) is 5.25. The van der Waals surface area contributed by atoms with Crippen molar-refractivity contribution in [1.29, 1.82) is 5.26 Å². The van der Waals surface area contributed by atoms with Crippen molar-refractivity contribution in [1.82, 2.24) is 4.90 Å². The van der Waals surface area contributed by atoms with Gasteiger partial charge >= 0.3 is 0 Å². The Hall–Kier alpha value is -1.73. The number of hydrogen-bond acceptors (Lipinski definition) is 4. The summed E-state index contributed by atoms with van der Waals surface area (Å²) in [5.41, 5.74) is 0.903. The quantitative estimate of drug-likeness (QED) is 0.818. The Morgan fingerprint density at radius 3 is 2.61 bits per heavy atom. The Balaban J connectivity index is 1.99. The number of ether oxygens (including phenoxy) is 2. The Morgan fingerprint density at radius 2 is 2.00 bits per heavy atom. The minimum atomic E-state index is -0.225. The molecule has 3 rings (SSSR count). The standard InChI is InChI=1S/C14H16N2O2/c1-16(2)13(14(8-15)5-6-14)10-3-4-11-12(7-10)18-9-17-11/h3-4,7,13H,5-6,9H2,1-2H3. The summed E-state index contributed by atoms with van der Waals surface area (Å²) in [5.74, 6) is 1.58. The maximum Gasteiger partial charge on any atom is 0.231 e. The fraction of sp³-hybridized carbons (Fsp3) is 0.500. The topological polar surface area (TPSA) is 45.5 Å². The van der Waals surface area contributed by atoms with E-state index in [0.29, 0.717) is 0 Å². The Bertz CT molecular complexity index is 515. The highest BCUT2D eigenvalue weighted by atomic mass is 16.7. The smallest absolute Gasteiger partial charge is 0.231 e. The Kier molecular flexibility index (Phi) is 2.46. The van der Waals surface area contributed by atoms with Gasteiger partial charge in [-0.15, -0.1) is 0 Å². The number of benzene rings is 1. The zero-order valence-corrected chi connectivity index (χ0v) is 10.6. The third kappa shape index (κ3) is 1.63. The van der Waals surface area contributed by atoms with E-state index >= 15 is 0 Å². The lowest BCUT2D eigenvalue weighted by Crippen LogP contribution is -2.27. The number of nitrogens with zero attached hydrogens (tertiary/aromatic N) is 2. The summed E-state index contributed by atoms with van der Waals surface area (Å²) >= 11 is 0. The van der Waals surface area contributed by atoms with Crippen molar-refractivity contribution in [2.75, 3.05) is 20.9 Å². The molecule has 1 aromatic rings. The molecule has 0 bridgehead atoms. The normalized spacial score (nSPS) is 20.6. The van der Waals surface area contributed by atoms with Gasteiger partial charge in [0, 0.05) is 0 Å². The van der Waals surface area contributed by atoms with Crippen LogP contribution in [0.2, 0.25) is 0 Å². The summed E-state index contributed by atoms with van der Waals surface area (Å²) in [4.78, 5) is 2.12. The van der Waals surface area contributed by atoms with Gasteiger partial charge in [0.2, 0.25) is 6.79 Å². The van der Waals surface area contributed by atoms with E-state index in [1.807, 2.05) is 32.3 Å². The zero-order chi connectivity index (χ0) is 12.8. The third-order valence-corrected chi connectivity index (χ3v) is 3.76. The first kappa shape index (κ1) is 11.4. The fourth-order valence-electron chi connectivity index (χ4n) is 2.78. The number of rotatable bonds is 3. The van der Waals surface area contributed by atoms with Crippen LogP contribution >= 0.6 is 0 Å². The van der Waals surface area contributed by atoms with E-state index in [9.17, 15) is 5.26 Å². The van der Waals surface area contributed by atoms with Gasteiger partial charge in [-0.2, -0.15) is 5.26 Å². The van der Waals surface area contributed by atoms with Gasteiger partial charge in [-0.3, -0.25) is 0 Å². The molecule has 1 aliphatic carbocycles. The molecule has 1 atom stereocenters. The molecule has 0 N–H and O–H groups in total. The third-order valence-electron chi connectivity index (χ3n) is 3.76. The Labute approximate surface area is 107 Å². The summed E-state index contributed by atoms with van der Waals surface area (Å²) in [6.45, 7) is 0.287. The summed E-state index contributed by atoms with van der Waals surface area (Å²) < 4.78 is 10.7. The van der Waals surface area contributed by atoms with Crippen LogP contribution in [0.4, 0.5) is 0 Å². The second kappa shape index (κ2) is 3.89. The molecule has 0 amide bonds. The van der Waals surface area contributed by atoms with Gasteiger partial charge in [0.25, 0.3) is 0 Å². The van der Waals surface area contributed by atoms with Gasteiger partial charge in [0.05, 0.1) is 17.5 Å². The molecule has 0 spiro atoms. The molecule has 2 aliphatic rings. The molecule has 1 fully saturated rings. The van der Waals surface area contributed by atoms with Crippen LogP contribution in [-0.4, -0.2) is 25.8 Å². The van der Waals surface area contributed by atoms with Crippen LogP contribution in [0.15, 0.2) is 18.2 Å². The van der Waals surface area contributed by atoms with Gasteiger partial charge in [-0.1, -0.05) is 6.07 Å². The number of nitriles is 1. The van der Waals surface area contributed by atoms with E-state index in [1.165, 1.54) is 0 Å². The first-order chi connectivity index (χ1) is 8.66. The predicted octanol–water partition coefficient (Wildman–Crippen LogP) is 2.32. The molecule has 4 heteroatoms. The lowest BCUT2D eigenvalue weighted by atomic mass is 9.90. The van der Waals surface area contributed by atoms with E-state index < -0.39 is 0 Å². The van der Waals surface area contributed by atoms with Crippen molar-refractivity contribution in [2.45, 2.75) is 18.9 Å². The lowest BCUT2D eigenvalue weighted by Gasteiger charge is -2.29. The van der Waals surface area contributed by atoms with E-state index in [1.54, 1.807) is 0 Å². The van der Waals surface area contributed by atoms with Crippen LogP contribution in [0.3, 0.4) is 0 Å². The summed E-state index contributed by atoms with van der Waals surface area (Å²) in [6, 6.07) is 8.58. The monoisotopic (exact) mass is 244 g/mol. The SMILES string of the molecule is CN(C)C(c1ccc2c(c1)OCO2)C1(C#N)CC1. The summed E-state index contributed by atoms with van der Waals surface area (Å²) in [7, 11) is 4.04. The molecule has 1 saturated carbocycles. The van der Waals surface area contributed by atoms with Gasteiger partial charge < -0.3 is 14.4 Å². The second-order valence-corrected chi connectivity index (χ2v) is 5.25. The molecule has 0 saturated heterocycles. The van der Waals surface area contributed by atoms with Crippen molar-refractivity contribution in [3.8, 4) is 17.6 Å². The zero-order valence-electron chi connectivity index (χ0n) is 10.6. The van der Waals surface area contributed by atoms with Crippen LogP contribution in [0.5, 0.6) is 11.5 Å². The summed E-state index contributed by atoms with van der Waals surface area (Å²) in [5, 5.41) is 9.40. The highest BCUT2D eigenvalue weighted by Gasteiger charge is 2.51. The van der Waals surface area contributed by atoms with Crippen LogP contribution in [0.1, 0.15) is 24.4 Å². The fourth-order valence-corrected chi connectivity index (χ4v) is 2.78. The minimum absolute atomic E-state index is 0.122. The summed E-state index contributed by atoms with van der Waals surface area (Å²) in [6.07, 6.45) is 1.95. The predicted molar refractivity (Wildman–Crippen MR) is 66.3 cm³/mol. The first-order valence-corrected chi connectivity index (χ1v) is 6.13. The van der Waals surface area contributed by atoms with E-state index in [2.05, 4.69) is 11.0 Å². The maximum atomic E-state index is 9.40. The van der Waals surface area contributed by atoms with E-state index in [4.69, 9.17) is 9.47 Å². The van der Waals surface area contributed by atoms with Crippen molar-refractivity contribution in [3.63, 3.8) is 0 Å². The largest absolute Gasteiger partial charge is 0.454 e.